The first-order chi connectivity index (χ1) is 5.65. The van der Waals surface area contributed by atoms with Gasteiger partial charge in [0.1, 0.15) is 18.0 Å². The molecule has 2 N–H and O–H groups in total. The minimum absolute atomic E-state index is 0.0561. The minimum atomic E-state index is -1.12. The molecule has 0 fully saturated rings. The van der Waals surface area contributed by atoms with E-state index in [4.69, 9.17) is 32.7 Å². The van der Waals surface area contributed by atoms with Crippen molar-refractivity contribution in [3.05, 3.63) is 23.1 Å². The lowest BCUT2D eigenvalue weighted by Gasteiger charge is -2.11. The van der Waals surface area contributed by atoms with Crippen LogP contribution in [-0.2, 0) is 0 Å². The van der Waals surface area contributed by atoms with Crippen LogP contribution in [0.3, 0.4) is 0 Å². The second-order valence-corrected chi connectivity index (χ2v) is 2.99. The molecule has 3 nitrogen and oxygen atoms in total. The van der Waals surface area contributed by atoms with Gasteiger partial charge in [-0.05, 0) is 23.7 Å². The van der Waals surface area contributed by atoms with Crippen LogP contribution in [0.4, 0.5) is 0 Å². The topological polar surface area (TPSA) is 53.6 Å². The lowest BCUT2D eigenvalue weighted by molar-refractivity contribution is 0.0190. The Bertz CT molecular complexity index is 249. The zero-order chi connectivity index (χ0) is 9.14. The average molecular weight is 211 g/mol. The second-order valence-electron chi connectivity index (χ2n) is 2.31. The Labute approximate surface area is 79.5 Å². The van der Waals surface area contributed by atoms with E-state index in [-0.39, 0.29) is 16.9 Å². The van der Waals surface area contributed by atoms with E-state index in [2.05, 4.69) is 0 Å². The molecule has 0 saturated heterocycles. The predicted octanol–water partition coefficient (Wildman–Crippen LogP) is 1.57. The fraction of sp³-hybridized carbons (Fsp3) is 0.429. The molecule has 5 heteroatoms. The Morgan fingerprint density at radius 2 is 2.08 bits per heavy atom. The standard InChI is InChI=1S/C7H8Cl2O3/c8-3-4(10)7(11)5-1-2-6(9)12-5/h1-2,4,7,10-11H,3H2. The number of hydrogen-bond acceptors (Lipinski definition) is 3. The van der Waals surface area contributed by atoms with Crippen molar-refractivity contribution in [2.45, 2.75) is 12.2 Å². The molecule has 0 radical (unpaired) electrons. The fourth-order valence-corrected chi connectivity index (χ4v) is 1.08. The third-order valence-corrected chi connectivity index (χ3v) is 1.93. The molecule has 1 heterocycles. The van der Waals surface area contributed by atoms with Gasteiger partial charge >= 0.3 is 0 Å². The molecule has 0 bridgehead atoms. The Hall–Kier alpha value is -0.220. The molecule has 0 amide bonds. The zero-order valence-corrected chi connectivity index (χ0v) is 7.59. The molecular formula is C7H8Cl2O3. The summed E-state index contributed by atoms with van der Waals surface area (Å²) in [6, 6.07) is 2.98. The summed E-state index contributed by atoms with van der Waals surface area (Å²) >= 11 is 10.8. The molecule has 1 aromatic heterocycles. The van der Waals surface area contributed by atoms with E-state index < -0.39 is 12.2 Å². The monoisotopic (exact) mass is 210 g/mol. The highest BCUT2D eigenvalue weighted by Gasteiger charge is 2.20. The van der Waals surface area contributed by atoms with E-state index in [1.165, 1.54) is 12.1 Å². The van der Waals surface area contributed by atoms with Crippen molar-refractivity contribution in [2.75, 3.05) is 5.88 Å². The maximum Gasteiger partial charge on any atom is 0.193 e. The van der Waals surface area contributed by atoms with Crippen molar-refractivity contribution < 1.29 is 14.6 Å². The largest absolute Gasteiger partial charge is 0.447 e. The Balaban J connectivity index is 2.70. The van der Waals surface area contributed by atoms with E-state index in [0.717, 1.165) is 0 Å². The molecule has 2 atom stereocenters. The molecule has 0 aromatic carbocycles. The highest BCUT2D eigenvalue weighted by Crippen LogP contribution is 2.22. The quantitative estimate of drug-likeness (QED) is 0.746. The Morgan fingerprint density at radius 3 is 2.50 bits per heavy atom. The number of aliphatic hydroxyl groups excluding tert-OH is 2. The van der Waals surface area contributed by atoms with Crippen LogP contribution in [0.5, 0.6) is 0 Å². The minimum Gasteiger partial charge on any atom is -0.447 e. The smallest absolute Gasteiger partial charge is 0.193 e. The van der Waals surface area contributed by atoms with Crippen molar-refractivity contribution in [1.29, 1.82) is 0 Å². The van der Waals surface area contributed by atoms with Crippen LogP contribution in [0.2, 0.25) is 5.22 Å². The molecular weight excluding hydrogens is 203 g/mol. The predicted molar refractivity (Wildman–Crippen MR) is 45.4 cm³/mol. The van der Waals surface area contributed by atoms with Gasteiger partial charge < -0.3 is 14.6 Å². The maximum atomic E-state index is 9.32. The lowest BCUT2D eigenvalue weighted by Crippen LogP contribution is -2.18. The van der Waals surface area contributed by atoms with Crippen LogP contribution in [-0.4, -0.2) is 22.2 Å². The van der Waals surface area contributed by atoms with E-state index in [9.17, 15) is 5.11 Å². The van der Waals surface area contributed by atoms with Gasteiger partial charge in [-0.15, -0.1) is 11.6 Å². The average Bonchev–Trinajstić information content (AvgIpc) is 2.49. The summed E-state index contributed by atoms with van der Waals surface area (Å²) in [5, 5.41) is 18.6. The molecule has 0 aliphatic heterocycles. The molecule has 0 aliphatic rings. The van der Waals surface area contributed by atoms with Crippen molar-refractivity contribution >= 4 is 23.2 Å². The summed E-state index contributed by atoms with van der Waals surface area (Å²) in [6.07, 6.45) is -2.15. The van der Waals surface area contributed by atoms with Gasteiger partial charge in [0, 0.05) is 0 Å². The third kappa shape index (κ3) is 2.14. The van der Waals surface area contributed by atoms with Crippen LogP contribution >= 0.6 is 23.2 Å². The van der Waals surface area contributed by atoms with Gasteiger partial charge in [0.2, 0.25) is 0 Å². The Kier molecular flexibility index (Phi) is 3.40. The Morgan fingerprint density at radius 1 is 1.42 bits per heavy atom. The number of aliphatic hydroxyl groups is 2. The third-order valence-electron chi connectivity index (χ3n) is 1.41. The molecule has 0 saturated carbocycles. The highest BCUT2D eigenvalue weighted by molar-refractivity contribution is 6.28. The molecule has 0 spiro atoms. The van der Waals surface area contributed by atoms with Crippen molar-refractivity contribution in [2.24, 2.45) is 0 Å². The molecule has 12 heavy (non-hydrogen) atoms. The van der Waals surface area contributed by atoms with E-state index in [1.807, 2.05) is 0 Å². The summed E-state index contributed by atoms with van der Waals surface area (Å²) in [5.74, 6) is 0.160. The van der Waals surface area contributed by atoms with Crippen LogP contribution in [0.1, 0.15) is 11.9 Å². The zero-order valence-electron chi connectivity index (χ0n) is 6.08. The van der Waals surface area contributed by atoms with E-state index in [1.54, 1.807) is 0 Å². The first-order valence-electron chi connectivity index (χ1n) is 3.32. The molecule has 0 aliphatic carbocycles. The van der Waals surface area contributed by atoms with Crippen LogP contribution in [0.15, 0.2) is 16.5 Å². The lowest BCUT2D eigenvalue weighted by atomic mass is 10.2. The van der Waals surface area contributed by atoms with Crippen LogP contribution in [0.25, 0.3) is 0 Å². The molecule has 2 unspecified atom stereocenters. The first-order valence-corrected chi connectivity index (χ1v) is 4.23. The first kappa shape index (κ1) is 9.86. The van der Waals surface area contributed by atoms with Gasteiger partial charge in [-0.25, -0.2) is 0 Å². The number of halogens is 2. The number of hydrogen-bond donors (Lipinski definition) is 2. The van der Waals surface area contributed by atoms with Crippen molar-refractivity contribution in [3.63, 3.8) is 0 Å². The number of alkyl halides is 1. The highest BCUT2D eigenvalue weighted by atomic mass is 35.5. The van der Waals surface area contributed by atoms with Gasteiger partial charge in [0.25, 0.3) is 0 Å². The van der Waals surface area contributed by atoms with Crippen molar-refractivity contribution in [1.82, 2.24) is 0 Å². The molecule has 1 rings (SSSR count). The maximum absolute atomic E-state index is 9.32. The summed E-state index contributed by atoms with van der Waals surface area (Å²) in [7, 11) is 0. The molecule has 68 valence electrons. The summed E-state index contributed by atoms with van der Waals surface area (Å²) < 4.78 is 4.87. The summed E-state index contributed by atoms with van der Waals surface area (Å²) in [5.41, 5.74) is 0. The van der Waals surface area contributed by atoms with E-state index >= 15 is 0 Å². The van der Waals surface area contributed by atoms with Gasteiger partial charge in [-0.1, -0.05) is 0 Å². The van der Waals surface area contributed by atoms with Gasteiger partial charge in [0.05, 0.1) is 5.88 Å². The van der Waals surface area contributed by atoms with Crippen LogP contribution < -0.4 is 0 Å². The number of furan rings is 1. The van der Waals surface area contributed by atoms with E-state index in [0.29, 0.717) is 0 Å². The SMILES string of the molecule is OC(CCl)C(O)c1ccc(Cl)o1. The number of rotatable bonds is 3. The van der Waals surface area contributed by atoms with Gasteiger partial charge in [0.15, 0.2) is 5.22 Å². The van der Waals surface area contributed by atoms with Gasteiger partial charge in [-0.2, -0.15) is 0 Å². The van der Waals surface area contributed by atoms with Crippen molar-refractivity contribution in [3.8, 4) is 0 Å². The molecule has 1 aromatic rings. The van der Waals surface area contributed by atoms with Gasteiger partial charge in [-0.3, -0.25) is 0 Å². The second kappa shape index (κ2) is 4.14. The normalized spacial score (nSPS) is 16.0. The fourth-order valence-electron chi connectivity index (χ4n) is 0.761. The van der Waals surface area contributed by atoms with Crippen LogP contribution in [0, 0.1) is 0 Å². The summed E-state index contributed by atoms with van der Waals surface area (Å²) in [4.78, 5) is 0. The summed E-state index contributed by atoms with van der Waals surface area (Å²) in [6.45, 7) is 0.